The van der Waals surface area contributed by atoms with Crippen LogP contribution in [0.4, 0.5) is 0 Å². The molecule has 0 N–H and O–H groups in total. The van der Waals surface area contributed by atoms with Crippen LogP contribution in [0, 0.1) is 0 Å². The number of hydrogen-bond acceptors (Lipinski definition) is 1. The maximum atomic E-state index is 5.70. The molecule has 0 unspecified atom stereocenters. The Morgan fingerprint density at radius 1 is 0.900 bits per heavy atom. The highest BCUT2D eigenvalue weighted by Gasteiger charge is 1.94. The molecule has 20 heavy (non-hydrogen) atoms. The zero-order chi connectivity index (χ0) is 14.2. The molecule has 2 aromatic rings. The van der Waals surface area contributed by atoms with Crippen molar-refractivity contribution in [3.63, 3.8) is 0 Å². The molecule has 2 rings (SSSR count). The average molecular weight is 264 g/mol. The van der Waals surface area contributed by atoms with Crippen LogP contribution in [0.1, 0.15) is 25.0 Å². The largest absolute Gasteiger partial charge is 0.490 e. The minimum atomic E-state index is 0.619. The molecular formula is C19H20O. The van der Waals surface area contributed by atoms with Gasteiger partial charge in [-0.2, -0.15) is 0 Å². The molecule has 0 fully saturated rings. The molecule has 1 heteroatoms. The number of allylic oxidation sites excluding steroid dienone is 1. The first-order chi connectivity index (χ1) is 9.74. The lowest BCUT2D eigenvalue weighted by Crippen LogP contribution is -1.94. The van der Waals surface area contributed by atoms with Crippen LogP contribution in [-0.2, 0) is 0 Å². The highest BCUT2D eigenvalue weighted by atomic mass is 16.5. The predicted molar refractivity (Wildman–Crippen MR) is 86.7 cm³/mol. The van der Waals surface area contributed by atoms with Gasteiger partial charge in [-0.3, -0.25) is 0 Å². The third kappa shape index (κ3) is 4.77. The van der Waals surface area contributed by atoms with Crippen molar-refractivity contribution in [3.8, 4) is 5.75 Å². The monoisotopic (exact) mass is 264 g/mol. The van der Waals surface area contributed by atoms with E-state index in [0.717, 1.165) is 11.3 Å². The second-order valence-corrected chi connectivity index (χ2v) is 4.91. The van der Waals surface area contributed by atoms with Crippen molar-refractivity contribution in [2.24, 2.45) is 0 Å². The van der Waals surface area contributed by atoms with Crippen molar-refractivity contribution in [2.75, 3.05) is 6.61 Å². The van der Waals surface area contributed by atoms with Crippen LogP contribution in [0.15, 0.2) is 66.2 Å². The van der Waals surface area contributed by atoms with Gasteiger partial charge in [-0.25, -0.2) is 0 Å². The second-order valence-electron chi connectivity index (χ2n) is 4.91. The highest BCUT2D eigenvalue weighted by molar-refractivity contribution is 5.70. The summed E-state index contributed by atoms with van der Waals surface area (Å²) < 4.78 is 5.70. The van der Waals surface area contributed by atoms with Gasteiger partial charge in [0.1, 0.15) is 12.4 Å². The molecule has 0 aliphatic carbocycles. The molecule has 0 aromatic heterocycles. The maximum Gasteiger partial charge on any atom is 0.120 e. The standard InChI is InChI=1S/C19H20O/c1-16(2)13-14-20-19-10-6-9-18(15-19)12-11-17-7-4-3-5-8-17/h3-13,15H,14H2,1-2H3/b12-11+. The lowest BCUT2D eigenvalue weighted by molar-refractivity contribution is 0.362. The van der Waals surface area contributed by atoms with Crippen LogP contribution in [0.2, 0.25) is 0 Å². The van der Waals surface area contributed by atoms with Crippen molar-refractivity contribution in [2.45, 2.75) is 13.8 Å². The van der Waals surface area contributed by atoms with Crippen LogP contribution in [0.5, 0.6) is 5.75 Å². The zero-order valence-electron chi connectivity index (χ0n) is 12.0. The molecule has 0 amide bonds. The SMILES string of the molecule is CC(C)=CCOc1cccc(/C=C/c2ccccc2)c1. The molecule has 102 valence electrons. The Labute approximate surface area is 121 Å². The van der Waals surface area contributed by atoms with Crippen LogP contribution < -0.4 is 4.74 Å². The first-order valence-corrected chi connectivity index (χ1v) is 6.83. The summed E-state index contributed by atoms with van der Waals surface area (Å²) in [6.07, 6.45) is 6.28. The van der Waals surface area contributed by atoms with E-state index in [4.69, 9.17) is 4.74 Å². The predicted octanol–water partition coefficient (Wildman–Crippen LogP) is 5.20. The Balaban J connectivity index is 2.02. The summed E-state index contributed by atoms with van der Waals surface area (Å²) in [4.78, 5) is 0. The molecule has 0 radical (unpaired) electrons. The first kappa shape index (κ1) is 14.1. The van der Waals surface area contributed by atoms with E-state index in [1.54, 1.807) is 0 Å². The molecule has 0 saturated heterocycles. The van der Waals surface area contributed by atoms with E-state index >= 15 is 0 Å². The fourth-order valence-electron chi connectivity index (χ4n) is 1.77. The summed E-state index contributed by atoms with van der Waals surface area (Å²) in [5.41, 5.74) is 3.61. The van der Waals surface area contributed by atoms with Gasteiger partial charge in [0, 0.05) is 0 Å². The summed E-state index contributed by atoms with van der Waals surface area (Å²) in [6.45, 7) is 4.76. The van der Waals surface area contributed by atoms with Crippen LogP contribution in [0.25, 0.3) is 12.2 Å². The fraction of sp³-hybridized carbons (Fsp3) is 0.158. The molecule has 0 spiro atoms. The number of ether oxygens (including phenoxy) is 1. The van der Waals surface area contributed by atoms with E-state index in [0.29, 0.717) is 6.61 Å². The zero-order valence-corrected chi connectivity index (χ0v) is 12.0. The Morgan fingerprint density at radius 2 is 1.60 bits per heavy atom. The Bertz CT molecular complexity index is 590. The van der Waals surface area contributed by atoms with Gasteiger partial charge in [0.2, 0.25) is 0 Å². The summed E-state index contributed by atoms with van der Waals surface area (Å²) in [6, 6.07) is 18.4. The van der Waals surface area contributed by atoms with E-state index in [2.05, 4.69) is 56.3 Å². The minimum absolute atomic E-state index is 0.619. The van der Waals surface area contributed by atoms with Gasteiger partial charge >= 0.3 is 0 Å². The molecule has 1 nitrogen and oxygen atoms in total. The van der Waals surface area contributed by atoms with Crippen LogP contribution >= 0.6 is 0 Å². The van der Waals surface area contributed by atoms with Crippen molar-refractivity contribution < 1.29 is 4.74 Å². The number of hydrogen-bond donors (Lipinski definition) is 0. The van der Waals surface area contributed by atoms with Crippen molar-refractivity contribution in [1.29, 1.82) is 0 Å². The maximum absolute atomic E-state index is 5.70. The molecular weight excluding hydrogens is 244 g/mol. The van der Waals surface area contributed by atoms with Gasteiger partial charge in [-0.15, -0.1) is 0 Å². The lowest BCUT2D eigenvalue weighted by atomic mass is 10.1. The average Bonchev–Trinajstić information content (AvgIpc) is 2.46. The molecule has 0 saturated carbocycles. The highest BCUT2D eigenvalue weighted by Crippen LogP contribution is 2.16. The van der Waals surface area contributed by atoms with E-state index < -0.39 is 0 Å². The summed E-state index contributed by atoms with van der Waals surface area (Å²) in [5, 5.41) is 0. The Kier molecular flexibility index (Phi) is 5.19. The third-order valence-electron chi connectivity index (χ3n) is 2.87. The van der Waals surface area contributed by atoms with Crippen LogP contribution in [-0.4, -0.2) is 6.61 Å². The van der Waals surface area contributed by atoms with E-state index in [-0.39, 0.29) is 0 Å². The van der Waals surface area contributed by atoms with Gasteiger partial charge in [-0.05, 0) is 43.2 Å². The second kappa shape index (κ2) is 7.34. The molecule has 0 atom stereocenters. The minimum Gasteiger partial charge on any atom is -0.490 e. The third-order valence-corrected chi connectivity index (χ3v) is 2.87. The van der Waals surface area contributed by atoms with Gasteiger partial charge < -0.3 is 4.74 Å². The lowest BCUT2D eigenvalue weighted by Gasteiger charge is -2.04. The summed E-state index contributed by atoms with van der Waals surface area (Å²) in [7, 11) is 0. The smallest absolute Gasteiger partial charge is 0.120 e. The van der Waals surface area contributed by atoms with Gasteiger partial charge in [0.15, 0.2) is 0 Å². The van der Waals surface area contributed by atoms with E-state index in [9.17, 15) is 0 Å². The molecule has 0 aliphatic heterocycles. The summed E-state index contributed by atoms with van der Waals surface area (Å²) in [5.74, 6) is 0.901. The number of benzene rings is 2. The van der Waals surface area contributed by atoms with Crippen molar-refractivity contribution in [3.05, 3.63) is 77.4 Å². The molecule has 0 bridgehead atoms. The van der Waals surface area contributed by atoms with Crippen LogP contribution in [0.3, 0.4) is 0 Å². The Morgan fingerprint density at radius 3 is 2.35 bits per heavy atom. The van der Waals surface area contributed by atoms with Gasteiger partial charge in [0.05, 0.1) is 0 Å². The quantitative estimate of drug-likeness (QED) is 0.532. The normalized spacial score (nSPS) is 10.5. The topological polar surface area (TPSA) is 9.23 Å². The Hall–Kier alpha value is -2.28. The van der Waals surface area contributed by atoms with Gasteiger partial charge in [0.25, 0.3) is 0 Å². The van der Waals surface area contributed by atoms with E-state index in [1.165, 1.54) is 11.1 Å². The van der Waals surface area contributed by atoms with Crippen molar-refractivity contribution >= 4 is 12.2 Å². The van der Waals surface area contributed by atoms with E-state index in [1.807, 2.05) is 30.3 Å². The van der Waals surface area contributed by atoms with Gasteiger partial charge in [-0.1, -0.05) is 60.2 Å². The molecule has 0 aliphatic rings. The molecule has 2 aromatic carbocycles. The fourth-order valence-corrected chi connectivity index (χ4v) is 1.77. The van der Waals surface area contributed by atoms with Crippen molar-refractivity contribution in [1.82, 2.24) is 0 Å². The first-order valence-electron chi connectivity index (χ1n) is 6.83. The number of rotatable bonds is 5. The summed E-state index contributed by atoms with van der Waals surface area (Å²) >= 11 is 0. The molecule has 0 heterocycles.